The van der Waals surface area contributed by atoms with Gasteiger partial charge in [-0.2, -0.15) is 0 Å². The third-order valence-corrected chi connectivity index (χ3v) is 4.78. The first-order chi connectivity index (χ1) is 11.4. The highest BCUT2D eigenvalue weighted by atomic mass is 35.5. The highest BCUT2D eigenvalue weighted by Crippen LogP contribution is 2.18. The van der Waals surface area contributed by atoms with Crippen molar-refractivity contribution in [3.05, 3.63) is 41.4 Å². The highest BCUT2D eigenvalue weighted by molar-refractivity contribution is 7.13. The zero-order valence-electron chi connectivity index (χ0n) is 14.4. The number of nitrogens with one attached hydrogen (secondary N) is 1. The number of hydrogen-bond acceptors (Lipinski definition) is 5. The molecule has 25 heavy (non-hydrogen) atoms. The Morgan fingerprint density at radius 2 is 2.00 bits per heavy atom. The Hall–Kier alpha value is -1.01. The van der Waals surface area contributed by atoms with E-state index in [-0.39, 0.29) is 24.8 Å². The van der Waals surface area contributed by atoms with Crippen molar-refractivity contribution in [3.63, 3.8) is 0 Å². The number of rotatable bonds is 8. The van der Waals surface area contributed by atoms with Crippen molar-refractivity contribution in [1.82, 2.24) is 9.88 Å². The molecule has 1 aliphatic rings. The number of thiazole rings is 1. The fourth-order valence-electron chi connectivity index (χ4n) is 2.88. The summed E-state index contributed by atoms with van der Waals surface area (Å²) in [5.74, 6) is 0.980. The van der Waals surface area contributed by atoms with Gasteiger partial charge in [0, 0.05) is 24.7 Å². The summed E-state index contributed by atoms with van der Waals surface area (Å²) in [4.78, 5) is 6.74. The van der Waals surface area contributed by atoms with Gasteiger partial charge < -0.3 is 10.1 Å². The summed E-state index contributed by atoms with van der Waals surface area (Å²) in [6.07, 6.45) is 6.84. The largest absolute Gasteiger partial charge is 0.494 e. The van der Waals surface area contributed by atoms with Gasteiger partial charge in [-0.25, -0.2) is 4.98 Å². The summed E-state index contributed by atoms with van der Waals surface area (Å²) >= 11 is 1.63. The number of benzene rings is 1. The van der Waals surface area contributed by atoms with Gasteiger partial charge in [0.25, 0.3) is 0 Å². The van der Waals surface area contributed by atoms with Gasteiger partial charge in [0.15, 0.2) is 5.13 Å². The van der Waals surface area contributed by atoms with Crippen molar-refractivity contribution in [1.29, 1.82) is 0 Å². The molecule has 1 aliphatic heterocycles. The number of aromatic nitrogens is 1. The topological polar surface area (TPSA) is 37.4 Å². The Labute approximate surface area is 166 Å². The van der Waals surface area contributed by atoms with Crippen LogP contribution in [0.3, 0.4) is 0 Å². The summed E-state index contributed by atoms with van der Waals surface area (Å²) < 4.78 is 5.88. The molecule has 0 amide bonds. The number of halogens is 2. The first kappa shape index (κ1) is 22.0. The molecule has 140 valence electrons. The number of anilines is 1. The van der Waals surface area contributed by atoms with Gasteiger partial charge in [0.2, 0.25) is 0 Å². The summed E-state index contributed by atoms with van der Waals surface area (Å²) in [6, 6.07) is 8.53. The van der Waals surface area contributed by atoms with Gasteiger partial charge in [-0.15, -0.1) is 36.2 Å². The lowest BCUT2D eigenvalue weighted by Gasteiger charge is -2.26. The molecule has 4 nitrogen and oxygen atoms in total. The molecule has 0 bridgehead atoms. The normalized spacial score (nSPS) is 14.2. The Morgan fingerprint density at radius 1 is 1.16 bits per heavy atom. The minimum atomic E-state index is 0. The lowest BCUT2D eigenvalue weighted by Crippen LogP contribution is -2.29. The van der Waals surface area contributed by atoms with E-state index in [4.69, 9.17) is 4.74 Å². The summed E-state index contributed by atoms with van der Waals surface area (Å²) in [5, 5.41) is 6.26. The number of hydrogen-bond donors (Lipinski definition) is 1. The second kappa shape index (κ2) is 12.4. The molecule has 0 unspecified atom stereocenters. The Balaban J connectivity index is 0.00000156. The molecule has 7 heteroatoms. The molecule has 1 saturated heterocycles. The van der Waals surface area contributed by atoms with Crippen molar-refractivity contribution in [2.75, 3.05) is 31.6 Å². The van der Waals surface area contributed by atoms with Crippen molar-refractivity contribution < 1.29 is 4.74 Å². The van der Waals surface area contributed by atoms with Crippen LogP contribution in [0.2, 0.25) is 0 Å². The van der Waals surface area contributed by atoms with Gasteiger partial charge >= 0.3 is 0 Å². The standard InChI is InChI=1S/C18H25N3OS.2ClH/c1-2-10-21(11-3-1)15-16-6-4-7-17(14-16)22-12-5-8-19-18-20-9-13-23-18;;/h4,6-7,9,13-14H,1-3,5,8,10-12,15H2,(H,19,20);2*1H. The van der Waals surface area contributed by atoms with Gasteiger partial charge in [-0.05, 0) is 50.0 Å². The lowest BCUT2D eigenvalue weighted by molar-refractivity contribution is 0.220. The molecule has 1 aromatic carbocycles. The molecule has 1 aromatic heterocycles. The quantitative estimate of drug-likeness (QED) is 0.638. The van der Waals surface area contributed by atoms with E-state index in [9.17, 15) is 0 Å². The van der Waals surface area contributed by atoms with Crippen LogP contribution in [0.4, 0.5) is 5.13 Å². The zero-order chi connectivity index (χ0) is 15.7. The van der Waals surface area contributed by atoms with E-state index in [1.807, 2.05) is 17.6 Å². The molecular weight excluding hydrogens is 377 g/mol. The van der Waals surface area contributed by atoms with Crippen LogP contribution in [0.5, 0.6) is 5.75 Å². The van der Waals surface area contributed by atoms with Crippen LogP contribution in [0.25, 0.3) is 0 Å². The minimum absolute atomic E-state index is 0. The van der Waals surface area contributed by atoms with Crippen LogP contribution in [0.1, 0.15) is 31.2 Å². The molecule has 2 aromatic rings. The maximum absolute atomic E-state index is 5.88. The van der Waals surface area contributed by atoms with Crippen molar-refractivity contribution in [2.45, 2.75) is 32.2 Å². The average Bonchev–Trinajstić information content (AvgIpc) is 3.09. The molecule has 0 radical (unpaired) electrons. The predicted octanol–water partition coefficient (Wildman–Crippen LogP) is 4.85. The molecule has 0 saturated carbocycles. The Bertz CT molecular complexity index is 577. The van der Waals surface area contributed by atoms with Crippen molar-refractivity contribution >= 4 is 41.3 Å². The lowest BCUT2D eigenvalue weighted by atomic mass is 10.1. The number of piperidine rings is 1. The smallest absolute Gasteiger partial charge is 0.182 e. The Kier molecular flexibility index (Phi) is 10.9. The maximum Gasteiger partial charge on any atom is 0.182 e. The van der Waals surface area contributed by atoms with E-state index < -0.39 is 0 Å². The van der Waals surface area contributed by atoms with E-state index in [1.54, 1.807) is 11.3 Å². The fourth-order valence-corrected chi connectivity index (χ4v) is 3.44. The monoisotopic (exact) mass is 403 g/mol. The molecule has 0 spiro atoms. The first-order valence-corrected chi connectivity index (χ1v) is 9.35. The zero-order valence-corrected chi connectivity index (χ0v) is 16.8. The minimum Gasteiger partial charge on any atom is -0.494 e. The van der Waals surface area contributed by atoms with Gasteiger partial charge in [-0.3, -0.25) is 4.90 Å². The average molecular weight is 404 g/mol. The molecule has 0 atom stereocenters. The molecular formula is C18H27Cl2N3OS. The number of nitrogens with zero attached hydrogens (tertiary/aromatic N) is 2. The van der Waals surface area contributed by atoms with Crippen molar-refractivity contribution in [2.24, 2.45) is 0 Å². The van der Waals surface area contributed by atoms with Crippen LogP contribution in [0, 0.1) is 0 Å². The number of likely N-dealkylation sites (tertiary alicyclic amines) is 1. The van der Waals surface area contributed by atoms with Crippen LogP contribution in [0.15, 0.2) is 35.8 Å². The SMILES string of the molecule is Cl.Cl.c1cc(CN2CCCCC2)cc(OCCCNc2nccs2)c1. The van der Waals surface area contributed by atoms with E-state index in [1.165, 1.54) is 37.9 Å². The first-order valence-electron chi connectivity index (χ1n) is 8.47. The van der Waals surface area contributed by atoms with E-state index >= 15 is 0 Å². The summed E-state index contributed by atoms with van der Waals surface area (Å²) in [6.45, 7) is 5.12. The van der Waals surface area contributed by atoms with Crippen LogP contribution >= 0.6 is 36.2 Å². The highest BCUT2D eigenvalue weighted by Gasteiger charge is 2.10. The summed E-state index contributed by atoms with van der Waals surface area (Å²) in [5.41, 5.74) is 1.35. The van der Waals surface area contributed by atoms with Gasteiger partial charge in [-0.1, -0.05) is 18.6 Å². The van der Waals surface area contributed by atoms with E-state index in [0.29, 0.717) is 0 Å². The van der Waals surface area contributed by atoms with Crippen LogP contribution in [-0.4, -0.2) is 36.1 Å². The summed E-state index contributed by atoms with van der Waals surface area (Å²) in [7, 11) is 0. The Morgan fingerprint density at radius 3 is 2.76 bits per heavy atom. The molecule has 0 aliphatic carbocycles. The predicted molar refractivity (Wildman–Crippen MR) is 111 cm³/mol. The van der Waals surface area contributed by atoms with Gasteiger partial charge in [0.1, 0.15) is 5.75 Å². The number of ether oxygens (including phenoxy) is 1. The maximum atomic E-state index is 5.88. The fraction of sp³-hybridized carbons (Fsp3) is 0.500. The van der Waals surface area contributed by atoms with Crippen LogP contribution in [-0.2, 0) is 6.54 Å². The molecule has 1 fully saturated rings. The third kappa shape index (κ3) is 7.82. The van der Waals surface area contributed by atoms with Gasteiger partial charge in [0.05, 0.1) is 6.61 Å². The second-order valence-corrected chi connectivity index (χ2v) is 6.84. The molecule has 2 heterocycles. The second-order valence-electron chi connectivity index (χ2n) is 5.95. The molecule has 3 rings (SSSR count). The van der Waals surface area contributed by atoms with Crippen molar-refractivity contribution in [3.8, 4) is 5.75 Å². The van der Waals surface area contributed by atoms with E-state index in [2.05, 4.69) is 33.4 Å². The molecule has 1 N–H and O–H groups in total. The third-order valence-electron chi connectivity index (χ3n) is 4.05. The van der Waals surface area contributed by atoms with E-state index in [0.717, 1.165) is 37.0 Å². The van der Waals surface area contributed by atoms with Crippen LogP contribution < -0.4 is 10.1 Å².